The normalized spacial score (nSPS) is 12.4. The third-order valence-corrected chi connectivity index (χ3v) is 9.05. The van der Waals surface area contributed by atoms with Gasteiger partial charge in [-0.05, 0) is 32.1 Å². The second-order valence-corrected chi connectivity index (χ2v) is 13.3. The van der Waals surface area contributed by atoms with Gasteiger partial charge >= 0.3 is 0 Å². The third kappa shape index (κ3) is 25.5. The topological polar surface area (TPSA) is 27.7 Å². The second kappa shape index (κ2) is 28.9. The zero-order valence-corrected chi connectivity index (χ0v) is 28.7. The fraction of sp³-hybridized carbons (Fsp3) is 1.00. The molecule has 0 N–H and O–H groups in total. The lowest BCUT2D eigenvalue weighted by atomic mass is 10.0. The van der Waals surface area contributed by atoms with Gasteiger partial charge in [0.05, 0.1) is 27.2 Å². The molecule has 0 aliphatic heterocycles. The molecule has 0 amide bonds. The molecule has 4 heteroatoms. The van der Waals surface area contributed by atoms with Crippen molar-refractivity contribution in [3.8, 4) is 0 Å². The van der Waals surface area contributed by atoms with Gasteiger partial charge in [-0.25, -0.2) is 0 Å². The van der Waals surface area contributed by atoms with Crippen molar-refractivity contribution in [1.82, 2.24) is 0 Å². The summed E-state index contributed by atoms with van der Waals surface area (Å²) in [4.78, 5) is 0. The zero-order chi connectivity index (χ0) is 29.6. The van der Waals surface area contributed by atoms with Crippen LogP contribution in [0.3, 0.4) is 0 Å². The van der Waals surface area contributed by atoms with Gasteiger partial charge in [0.15, 0.2) is 0 Å². The molecular weight excluding hydrogens is 494 g/mol. The summed E-state index contributed by atoms with van der Waals surface area (Å²) >= 11 is 0. The van der Waals surface area contributed by atoms with Crippen molar-refractivity contribution < 1.29 is 18.7 Å². The highest BCUT2D eigenvalue weighted by Crippen LogP contribution is 2.22. The van der Waals surface area contributed by atoms with E-state index in [2.05, 4.69) is 21.0 Å². The molecule has 0 atom stereocenters. The van der Waals surface area contributed by atoms with E-state index in [9.17, 15) is 0 Å². The van der Waals surface area contributed by atoms with Gasteiger partial charge in [-0.2, -0.15) is 0 Å². The van der Waals surface area contributed by atoms with Crippen molar-refractivity contribution in [2.75, 3.05) is 48.5 Å². The maximum Gasteiger partial charge on any atom is 0.282 e. The Morgan fingerprint density at radius 1 is 0.375 bits per heavy atom. The van der Waals surface area contributed by atoms with E-state index >= 15 is 0 Å². The van der Waals surface area contributed by atoms with E-state index in [1.54, 1.807) is 21.3 Å². The summed E-state index contributed by atoms with van der Waals surface area (Å²) in [5, 5.41) is 0. The van der Waals surface area contributed by atoms with Gasteiger partial charge in [0.2, 0.25) is 0 Å². The van der Waals surface area contributed by atoms with Crippen LogP contribution in [0.5, 0.6) is 0 Å². The molecule has 0 saturated carbocycles. The number of ether oxygens (including phenoxy) is 3. The first-order chi connectivity index (χ1) is 19.4. The number of hydrogen-bond acceptors (Lipinski definition) is 3. The number of hydrogen-bond donors (Lipinski definition) is 0. The molecule has 4 nitrogen and oxygen atoms in total. The zero-order valence-electron chi connectivity index (χ0n) is 28.7. The van der Waals surface area contributed by atoms with E-state index < -0.39 is 5.97 Å². The molecule has 0 saturated heterocycles. The summed E-state index contributed by atoms with van der Waals surface area (Å²) in [7, 11) is 9.83. The highest BCUT2D eigenvalue weighted by Gasteiger charge is 2.28. The number of unbranched alkanes of at least 4 members (excludes halogenated alkanes) is 24. The molecule has 0 rings (SSSR count). The number of methoxy groups -OCH3 is 3. The quantitative estimate of drug-likeness (QED) is 0.0446. The Labute approximate surface area is 253 Å². The highest BCUT2D eigenvalue weighted by atomic mass is 16.9. The van der Waals surface area contributed by atoms with Crippen molar-refractivity contribution in [2.24, 2.45) is 0 Å². The summed E-state index contributed by atoms with van der Waals surface area (Å²) in [5.74, 6) is -0.848. The minimum Gasteiger partial charge on any atom is -0.331 e. The van der Waals surface area contributed by atoms with Gasteiger partial charge in [-0.15, -0.1) is 0 Å². The summed E-state index contributed by atoms with van der Waals surface area (Å²) < 4.78 is 17.3. The molecule has 0 aromatic heterocycles. The van der Waals surface area contributed by atoms with Crippen LogP contribution in [-0.4, -0.2) is 59.0 Å². The summed E-state index contributed by atoms with van der Waals surface area (Å²) in [5.41, 5.74) is 0. The first-order valence-corrected chi connectivity index (χ1v) is 17.9. The average molecular weight is 571 g/mol. The first-order valence-electron chi connectivity index (χ1n) is 17.9. The second-order valence-electron chi connectivity index (χ2n) is 13.3. The van der Waals surface area contributed by atoms with Gasteiger partial charge in [0, 0.05) is 27.8 Å². The number of nitrogens with zero attached hydrogens (tertiary/aromatic N) is 1. The maximum atomic E-state index is 5.37. The lowest BCUT2D eigenvalue weighted by molar-refractivity contribution is -0.890. The van der Waals surface area contributed by atoms with Crippen LogP contribution in [0.25, 0.3) is 0 Å². The van der Waals surface area contributed by atoms with Crippen LogP contribution in [0.15, 0.2) is 0 Å². The lowest BCUT2D eigenvalue weighted by Crippen LogP contribution is -2.41. The molecule has 0 bridgehead atoms. The Balaban J connectivity index is 3.38. The monoisotopic (exact) mass is 571 g/mol. The Kier molecular flexibility index (Phi) is 28.8. The van der Waals surface area contributed by atoms with Gasteiger partial charge in [0.1, 0.15) is 0 Å². The first kappa shape index (κ1) is 39.8. The summed E-state index contributed by atoms with van der Waals surface area (Å²) in [6.07, 6.45) is 37.4. The molecule has 0 aromatic carbocycles. The summed E-state index contributed by atoms with van der Waals surface area (Å²) in [6.45, 7) is 5.01. The molecule has 0 heterocycles. The molecule has 40 heavy (non-hydrogen) atoms. The van der Waals surface area contributed by atoms with Gasteiger partial charge in [0.25, 0.3) is 5.97 Å². The molecule has 0 aromatic rings. The van der Waals surface area contributed by atoms with Crippen molar-refractivity contribution in [3.05, 3.63) is 0 Å². The molecule has 0 aliphatic rings. The van der Waals surface area contributed by atoms with Crippen LogP contribution >= 0.6 is 0 Å². The van der Waals surface area contributed by atoms with E-state index in [-0.39, 0.29) is 0 Å². The molecule has 0 aliphatic carbocycles. The third-order valence-electron chi connectivity index (χ3n) is 9.05. The van der Waals surface area contributed by atoms with E-state index in [1.807, 2.05) is 0 Å². The summed E-state index contributed by atoms with van der Waals surface area (Å²) in [6, 6.07) is 0. The standard InChI is InChI=1S/C36H76NO3/c1-7-8-9-10-11-12-13-14-15-16-17-19-22-25-28-31-34-37(2,3)35-32-29-26-23-20-18-21-24-27-30-33-36(38-4,39-5)40-6/h7-35H2,1-6H3/q+1. The van der Waals surface area contributed by atoms with Crippen molar-refractivity contribution in [3.63, 3.8) is 0 Å². The van der Waals surface area contributed by atoms with Gasteiger partial charge < -0.3 is 18.7 Å². The van der Waals surface area contributed by atoms with Crippen molar-refractivity contribution in [2.45, 2.75) is 186 Å². The average Bonchev–Trinajstić information content (AvgIpc) is 2.95. The van der Waals surface area contributed by atoms with Crippen LogP contribution in [0, 0.1) is 0 Å². The van der Waals surface area contributed by atoms with E-state index in [0.717, 1.165) is 12.8 Å². The largest absolute Gasteiger partial charge is 0.331 e. The van der Waals surface area contributed by atoms with E-state index in [4.69, 9.17) is 14.2 Å². The molecule has 0 fully saturated rings. The fourth-order valence-corrected chi connectivity index (χ4v) is 6.05. The van der Waals surface area contributed by atoms with Gasteiger partial charge in [-0.3, -0.25) is 0 Å². The Hall–Kier alpha value is -0.160. The lowest BCUT2D eigenvalue weighted by Gasteiger charge is -2.30. The molecule has 0 radical (unpaired) electrons. The number of quaternary nitrogens is 1. The van der Waals surface area contributed by atoms with Crippen LogP contribution < -0.4 is 0 Å². The fourth-order valence-electron chi connectivity index (χ4n) is 6.05. The molecule has 0 spiro atoms. The highest BCUT2D eigenvalue weighted by molar-refractivity contribution is 4.57. The van der Waals surface area contributed by atoms with E-state index in [0.29, 0.717) is 0 Å². The molecule has 242 valence electrons. The Morgan fingerprint density at radius 2 is 0.625 bits per heavy atom. The van der Waals surface area contributed by atoms with Crippen LogP contribution in [0.2, 0.25) is 0 Å². The van der Waals surface area contributed by atoms with Crippen LogP contribution in [-0.2, 0) is 14.2 Å². The molecular formula is C36H76NO3+. The predicted octanol–water partition coefficient (Wildman–Crippen LogP) is 11.2. The minimum atomic E-state index is -0.848. The van der Waals surface area contributed by atoms with Gasteiger partial charge in [-0.1, -0.05) is 142 Å². The van der Waals surface area contributed by atoms with E-state index in [1.165, 1.54) is 178 Å². The Bertz CT molecular complexity index is 484. The minimum absolute atomic E-state index is 0.796. The number of rotatable bonds is 33. The Morgan fingerprint density at radius 3 is 0.900 bits per heavy atom. The van der Waals surface area contributed by atoms with Crippen LogP contribution in [0.4, 0.5) is 0 Å². The SMILES string of the molecule is CCCCCCCCCCCCCCCCCC[N+](C)(C)CCCCCCCCCCCCC(OC)(OC)OC. The smallest absolute Gasteiger partial charge is 0.282 e. The van der Waals surface area contributed by atoms with Crippen LogP contribution in [0.1, 0.15) is 180 Å². The van der Waals surface area contributed by atoms with Crippen molar-refractivity contribution in [1.29, 1.82) is 0 Å². The predicted molar refractivity (Wildman–Crippen MR) is 176 cm³/mol. The van der Waals surface area contributed by atoms with Crippen molar-refractivity contribution >= 4 is 0 Å². The maximum absolute atomic E-state index is 5.37. The molecule has 0 unspecified atom stereocenters.